The van der Waals surface area contributed by atoms with Crippen LogP contribution in [0.5, 0.6) is 5.75 Å². The highest BCUT2D eigenvalue weighted by Crippen LogP contribution is 2.36. The second kappa shape index (κ2) is 5.74. The van der Waals surface area contributed by atoms with E-state index < -0.39 is 0 Å². The van der Waals surface area contributed by atoms with E-state index in [1.54, 1.807) is 7.11 Å². The van der Waals surface area contributed by atoms with Crippen molar-refractivity contribution in [2.24, 2.45) is 0 Å². The number of ether oxygens (including phenoxy) is 1. The molecule has 0 unspecified atom stereocenters. The van der Waals surface area contributed by atoms with Crippen LogP contribution in [-0.4, -0.2) is 37.1 Å². The first-order chi connectivity index (χ1) is 11.3. The Morgan fingerprint density at radius 2 is 1.96 bits per heavy atom. The largest absolute Gasteiger partial charge is 0.497 e. The lowest BCUT2D eigenvalue weighted by Crippen LogP contribution is -2.24. The van der Waals surface area contributed by atoms with Crippen LogP contribution >= 0.6 is 0 Å². The van der Waals surface area contributed by atoms with Gasteiger partial charge in [0.25, 0.3) is 0 Å². The molecule has 23 heavy (non-hydrogen) atoms. The van der Waals surface area contributed by atoms with Gasteiger partial charge in [0.05, 0.1) is 7.11 Å². The minimum absolute atomic E-state index is 0.386. The summed E-state index contributed by atoms with van der Waals surface area (Å²) >= 11 is 0. The van der Waals surface area contributed by atoms with Crippen molar-refractivity contribution in [3.05, 3.63) is 65.4 Å². The minimum atomic E-state index is 0.386. The van der Waals surface area contributed by atoms with Crippen LogP contribution in [0, 0.1) is 0 Å². The SMILES string of the molecule is COc1ccc2[nH]c3c(c2c1)CCN(C)C[C@@H]3c1ccccc1. The van der Waals surface area contributed by atoms with Crippen LogP contribution < -0.4 is 4.74 Å². The average molecular weight is 306 g/mol. The van der Waals surface area contributed by atoms with Gasteiger partial charge in [-0.3, -0.25) is 0 Å². The van der Waals surface area contributed by atoms with Crippen molar-refractivity contribution < 1.29 is 4.74 Å². The van der Waals surface area contributed by atoms with Crippen molar-refractivity contribution >= 4 is 10.9 Å². The summed E-state index contributed by atoms with van der Waals surface area (Å²) in [6.45, 7) is 2.13. The molecule has 1 aliphatic rings. The van der Waals surface area contributed by atoms with Crippen molar-refractivity contribution in [1.29, 1.82) is 0 Å². The molecule has 3 nitrogen and oxygen atoms in total. The van der Waals surface area contributed by atoms with Gasteiger partial charge in [-0.2, -0.15) is 0 Å². The number of aromatic amines is 1. The second-order valence-electron chi connectivity index (χ2n) is 6.40. The molecular weight excluding hydrogens is 284 g/mol. The van der Waals surface area contributed by atoms with Crippen LogP contribution in [0.3, 0.4) is 0 Å². The number of aromatic nitrogens is 1. The predicted octanol–water partition coefficient (Wildman–Crippen LogP) is 3.80. The lowest BCUT2D eigenvalue weighted by Gasteiger charge is -2.20. The van der Waals surface area contributed by atoms with Crippen LogP contribution in [0.15, 0.2) is 48.5 Å². The Balaban J connectivity index is 1.90. The quantitative estimate of drug-likeness (QED) is 0.780. The number of hydrogen-bond acceptors (Lipinski definition) is 2. The van der Waals surface area contributed by atoms with Crippen molar-refractivity contribution in [1.82, 2.24) is 9.88 Å². The number of H-pyrrole nitrogens is 1. The average Bonchev–Trinajstić information content (AvgIpc) is 2.87. The number of nitrogens with one attached hydrogen (secondary N) is 1. The highest BCUT2D eigenvalue weighted by atomic mass is 16.5. The fourth-order valence-corrected chi connectivity index (χ4v) is 3.70. The Hall–Kier alpha value is -2.26. The molecule has 3 heteroatoms. The fourth-order valence-electron chi connectivity index (χ4n) is 3.70. The topological polar surface area (TPSA) is 28.3 Å². The molecule has 0 saturated carbocycles. The molecule has 0 amide bonds. The molecule has 0 spiro atoms. The summed E-state index contributed by atoms with van der Waals surface area (Å²) in [6, 6.07) is 17.1. The smallest absolute Gasteiger partial charge is 0.119 e. The van der Waals surface area contributed by atoms with Crippen LogP contribution in [0.4, 0.5) is 0 Å². The number of nitrogens with zero attached hydrogens (tertiary/aromatic N) is 1. The van der Waals surface area contributed by atoms with Gasteiger partial charge in [0.1, 0.15) is 5.75 Å². The number of methoxy groups -OCH3 is 1. The van der Waals surface area contributed by atoms with Gasteiger partial charge in [0, 0.05) is 35.6 Å². The monoisotopic (exact) mass is 306 g/mol. The van der Waals surface area contributed by atoms with Crippen LogP contribution in [0.2, 0.25) is 0 Å². The Labute approximate surface area is 136 Å². The summed E-state index contributed by atoms with van der Waals surface area (Å²) in [5, 5.41) is 1.30. The van der Waals surface area contributed by atoms with E-state index in [4.69, 9.17) is 4.74 Å². The molecule has 1 aromatic heterocycles. The molecule has 118 valence electrons. The molecule has 2 heterocycles. The summed E-state index contributed by atoms with van der Waals surface area (Å²) in [6.07, 6.45) is 1.07. The highest BCUT2D eigenvalue weighted by molar-refractivity contribution is 5.86. The zero-order valence-corrected chi connectivity index (χ0v) is 13.7. The molecule has 0 aliphatic carbocycles. The van der Waals surface area contributed by atoms with Crippen molar-refractivity contribution in [3.63, 3.8) is 0 Å². The van der Waals surface area contributed by atoms with E-state index in [2.05, 4.69) is 59.4 Å². The Morgan fingerprint density at radius 3 is 2.74 bits per heavy atom. The zero-order chi connectivity index (χ0) is 15.8. The molecule has 0 bridgehead atoms. The summed E-state index contributed by atoms with van der Waals surface area (Å²) < 4.78 is 5.42. The molecule has 1 atom stereocenters. The standard InChI is InChI=1S/C20H22N2O/c1-22-11-10-16-17-12-15(23-2)8-9-19(17)21-20(16)18(13-22)14-6-4-3-5-7-14/h3-9,12,18,21H,10-11,13H2,1-2H3/t18-/m1/s1. The van der Waals surface area contributed by atoms with E-state index in [1.165, 1.54) is 27.7 Å². The van der Waals surface area contributed by atoms with Gasteiger partial charge in [-0.1, -0.05) is 30.3 Å². The molecule has 0 fully saturated rings. The van der Waals surface area contributed by atoms with E-state index in [-0.39, 0.29) is 0 Å². The fraction of sp³-hybridized carbons (Fsp3) is 0.300. The van der Waals surface area contributed by atoms with Gasteiger partial charge < -0.3 is 14.6 Å². The molecule has 1 aliphatic heterocycles. The number of fused-ring (bicyclic) bond motifs is 3. The lowest BCUT2D eigenvalue weighted by atomic mass is 9.93. The molecule has 0 radical (unpaired) electrons. The second-order valence-corrected chi connectivity index (χ2v) is 6.40. The third kappa shape index (κ3) is 2.51. The van der Waals surface area contributed by atoms with Crippen molar-refractivity contribution in [2.75, 3.05) is 27.2 Å². The Kier molecular flexibility index (Phi) is 3.58. The number of likely N-dealkylation sites (N-methyl/N-ethyl adjacent to an activating group) is 1. The highest BCUT2D eigenvalue weighted by Gasteiger charge is 2.26. The molecule has 4 rings (SSSR count). The summed E-state index contributed by atoms with van der Waals surface area (Å²) in [5.41, 5.74) is 5.39. The van der Waals surface area contributed by atoms with E-state index in [9.17, 15) is 0 Å². The molecule has 2 aromatic carbocycles. The third-order valence-corrected chi connectivity index (χ3v) is 4.93. The van der Waals surface area contributed by atoms with E-state index in [0.717, 1.165) is 25.3 Å². The van der Waals surface area contributed by atoms with Gasteiger partial charge in [-0.25, -0.2) is 0 Å². The van der Waals surface area contributed by atoms with E-state index in [1.807, 2.05) is 6.07 Å². The molecule has 3 aromatic rings. The van der Waals surface area contributed by atoms with Crippen LogP contribution in [0.1, 0.15) is 22.7 Å². The van der Waals surface area contributed by atoms with Gasteiger partial charge in [-0.15, -0.1) is 0 Å². The van der Waals surface area contributed by atoms with Gasteiger partial charge >= 0.3 is 0 Å². The maximum absolute atomic E-state index is 5.42. The van der Waals surface area contributed by atoms with Crippen LogP contribution in [-0.2, 0) is 6.42 Å². The maximum Gasteiger partial charge on any atom is 0.119 e. The van der Waals surface area contributed by atoms with Gasteiger partial charge in [0.2, 0.25) is 0 Å². The maximum atomic E-state index is 5.42. The van der Waals surface area contributed by atoms with Gasteiger partial charge in [0.15, 0.2) is 0 Å². The number of hydrogen-bond donors (Lipinski definition) is 1. The van der Waals surface area contributed by atoms with Crippen LogP contribution in [0.25, 0.3) is 10.9 Å². The first kappa shape index (κ1) is 14.3. The zero-order valence-electron chi connectivity index (χ0n) is 13.7. The molecule has 1 N–H and O–H groups in total. The predicted molar refractivity (Wildman–Crippen MR) is 94.3 cm³/mol. The normalized spacial score (nSPS) is 18.6. The summed E-state index contributed by atoms with van der Waals surface area (Å²) in [4.78, 5) is 6.12. The third-order valence-electron chi connectivity index (χ3n) is 4.93. The van der Waals surface area contributed by atoms with E-state index in [0.29, 0.717) is 5.92 Å². The molecular formula is C20H22N2O. The summed E-state index contributed by atoms with van der Waals surface area (Å²) in [7, 11) is 3.94. The summed E-state index contributed by atoms with van der Waals surface area (Å²) in [5.74, 6) is 1.31. The first-order valence-corrected chi connectivity index (χ1v) is 8.18. The Bertz CT molecular complexity index is 822. The lowest BCUT2D eigenvalue weighted by molar-refractivity contribution is 0.337. The number of rotatable bonds is 2. The first-order valence-electron chi connectivity index (χ1n) is 8.18. The minimum Gasteiger partial charge on any atom is -0.497 e. The molecule has 0 saturated heterocycles. The van der Waals surface area contributed by atoms with E-state index >= 15 is 0 Å². The Morgan fingerprint density at radius 1 is 1.13 bits per heavy atom. The van der Waals surface area contributed by atoms with Gasteiger partial charge in [-0.05, 0) is 42.8 Å². The van der Waals surface area contributed by atoms with Crippen molar-refractivity contribution in [3.8, 4) is 5.75 Å². The van der Waals surface area contributed by atoms with Crippen molar-refractivity contribution in [2.45, 2.75) is 12.3 Å². The number of benzene rings is 2.